The van der Waals surface area contributed by atoms with Gasteiger partial charge < -0.3 is 10.1 Å². The van der Waals surface area contributed by atoms with Crippen LogP contribution >= 0.6 is 0 Å². The Bertz CT molecular complexity index is 1470. The number of pyridine rings is 3. The highest BCUT2D eigenvalue weighted by molar-refractivity contribution is 5.76. The smallest absolute Gasteiger partial charge is 0.295 e. The van der Waals surface area contributed by atoms with E-state index in [0.717, 1.165) is 16.8 Å². The van der Waals surface area contributed by atoms with Crippen molar-refractivity contribution in [2.45, 2.75) is 13.1 Å². The zero-order valence-electron chi connectivity index (χ0n) is 18.5. The largest absolute Gasteiger partial charge is 0.481 e. The molecule has 0 aliphatic rings. The third kappa shape index (κ3) is 4.47. The molecule has 8 nitrogen and oxygen atoms in total. The van der Waals surface area contributed by atoms with Crippen LogP contribution < -0.4 is 15.6 Å². The Hall–Kier alpha value is -4.59. The lowest BCUT2D eigenvalue weighted by Gasteiger charge is -2.14. The molecule has 5 rings (SSSR count). The molecular weight excluding hydrogens is 428 g/mol. The van der Waals surface area contributed by atoms with Crippen molar-refractivity contribution in [1.82, 2.24) is 24.5 Å². The van der Waals surface area contributed by atoms with Crippen LogP contribution in [-0.2, 0) is 13.1 Å². The van der Waals surface area contributed by atoms with Crippen LogP contribution in [0.25, 0.3) is 22.4 Å². The number of nitrogens with one attached hydrogen (secondary N) is 1. The fourth-order valence-electron chi connectivity index (χ4n) is 3.64. The summed E-state index contributed by atoms with van der Waals surface area (Å²) in [4.78, 5) is 31.4. The Kier molecular flexibility index (Phi) is 5.94. The second kappa shape index (κ2) is 9.50. The van der Waals surface area contributed by atoms with E-state index in [-0.39, 0.29) is 11.4 Å². The van der Waals surface area contributed by atoms with Crippen LogP contribution in [0, 0.1) is 0 Å². The van der Waals surface area contributed by atoms with E-state index in [2.05, 4.69) is 20.3 Å². The molecule has 1 N–H and O–H groups in total. The van der Waals surface area contributed by atoms with Crippen LogP contribution in [0.1, 0.15) is 11.3 Å². The molecule has 0 aliphatic carbocycles. The van der Waals surface area contributed by atoms with Crippen molar-refractivity contribution < 1.29 is 4.74 Å². The SMILES string of the molecule is COc1ccc(-c2ccc3nc(NCc4ccccn4)c(=O)n(Cc4ccccc4)c3n2)cn1. The van der Waals surface area contributed by atoms with E-state index in [1.165, 1.54) is 0 Å². The summed E-state index contributed by atoms with van der Waals surface area (Å²) in [7, 11) is 1.57. The van der Waals surface area contributed by atoms with E-state index in [9.17, 15) is 4.79 Å². The van der Waals surface area contributed by atoms with Gasteiger partial charge in [0.05, 0.1) is 31.6 Å². The number of aromatic nitrogens is 5. The van der Waals surface area contributed by atoms with Gasteiger partial charge in [0, 0.05) is 24.0 Å². The van der Waals surface area contributed by atoms with Gasteiger partial charge in [0.2, 0.25) is 5.88 Å². The Labute approximate surface area is 196 Å². The molecule has 168 valence electrons. The number of hydrogen-bond acceptors (Lipinski definition) is 7. The first kappa shape index (κ1) is 21.3. The maximum Gasteiger partial charge on any atom is 0.295 e. The minimum Gasteiger partial charge on any atom is -0.481 e. The van der Waals surface area contributed by atoms with Gasteiger partial charge in [-0.3, -0.25) is 14.3 Å². The van der Waals surface area contributed by atoms with E-state index in [0.29, 0.717) is 35.8 Å². The first-order valence-electron chi connectivity index (χ1n) is 10.8. The molecule has 0 amide bonds. The van der Waals surface area contributed by atoms with Gasteiger partial charge in [-0.1, -0.05) is 36.4 Å². The highest BCUT2D eigenvalue weighted by atomic mass is 16.5. The first-order valence-corrected chi connectivity index (χ1v) is 10.8. The maximum atomic E-state index is 13.5. The van der Waals surface area contributed by atoms with E-state index < -0.39 is 0 Å². The summed E-state index contributed by atoms with van der Waals surface area (Å²) in [5.74, 6) is 0.783. The van der Waals surface area contributed by atoms with Crippen molar-refractivity contribution in [3.8, 4) is 17.1 Å². The van der Waals surface area contributed by atoms with Gasteiger partial charge in [0.1, 0.15) is 5.52 Å². The van der Waals surface area contributed by atoms with E-state index in [1.807, 2.05) is 66.7 Å². The molecular formula is C26H22N6O2. The first-order chi connectivity index (χ1) is 16.7. The minimum atomic E-state index is -0.246. The van der Waals surface area contributed by atoms with Gasteiger partial charge in [0.15, 0.2) is 11.5 Å². The number of hydrogen-bond donors (Lipinski definition) is 1. The topological polar surface area (TPSA) is 94.8 Å². The normalized spacial score (nSPS) is 10.9. The van der Waals surface area contributed by atoms with Gasteiger partial charge in [-0.05, 0) is 35.9 Å². The van der Waals surface area contributed by atoms with Crippen LogP contribution in [0.3, 0.4) is 0 Å². The Morgan fingerprint density at radius 3 is 2.50 bits per heavy atom. The van der Waals surface area contributed by atoms with Gasteiger partial charge in [-0.15, -0.1) is 0 Å². The third-order valence-corrected chi connectivity index (χ3v) is 5.38. The van der Waals surface area contributed by atoms with Gasteiger partial charge in [-0.2, -0.15) is 0 Å². The Balaban J connectivity index is 1.59. The number of rotatable bonds is 7. The van der Waals surface area contributed by atoms with Crippen LogP contribution in [0.2, 0.25) is 0 Å². The summed E-state index contributed by atoms with van der Waals surface area (Å²) >= 11 is 0. The molecule has 1 aromatic carbocycles. The van der Waals surface area contributed by atoms with Crippen molar-refractivity contribution in [3.63, 3.8) is 0 Å². The minimum absolute atomic E-state index is 0.246. The van der Waals surface area contributed by atoms with Crippen molar-refractivity contribution >= 4 is 17.0 Å². The molecule has 0 atom stereocenters. The van der Waals surface area contributed by atoms with Crippen LogP contribution in [0.15, 0.2) is 90.0 Å². The zero-order chi connectivity index (χ0) is 23.3. The van der Waals surface area contributed by atoms with Crippen molar-refractivity contribution in [1.29, 1.82) is 0 Å². The number of benzene rings is 1. The van der Waals surface area contributed by atoms with E-state index in [1.54, 1.807) is 30.1 Å². The van der Waals surface area contributed by atoms with Gasteiger partial charge in [-0.25, -0.2) is 15.0 Å². The molecule has 0 fully saturated rings. The highest BCUT2D eigenvalue weighted by Gasteiger charge is 2.14. The molecule has 0 bridgehead atoms. The van der Waals surface area contributed by atoms with E-state index in [4.69, 9.17) is 9.72 Å². The van der Waals surface area contributed by atoms with E-state index >= 15 is 0 Å². The summed E-state index contributed by atoms with van der Waals surface area (Å²) in [6.07, 6.45) is 3.42. The summed E-state index contributed by atoms with van der Waals surface area (Å²) in [6.45, 7) is 0.761. The highest BCUT2D eigenvalue weighted by Crippen LogP contribution is 2.22. The number of fused-ring (bicyclic) bond motifs is 1. The zero-order valence-corrected chi connectivity index (χ0v) is 18.5. The van der Waals surface area contributed by atoms with Crippen molar-refractivity contribution in [2.75, 3.05) is 12.4 Å². The summed E-state index contributed by atoms with van der Waals surface area (Å²) in [5.41, 5.74) is 4.20. The molecule has 5 aromatic rings. The quantitative estimate of drug-likeness (QED) is 0.402. The molecule has 4 heterocycles. The number of ether oxygens (including phenoxy) is 1. The van der Waals surface area contributed by atoms with Crippen molar-refractivity contribution in [2.24, 2.45) is 0 Å². The lowest BCUT2D eigenvalue weighted by Crippen LogP contribution is -2.26. The van der Waals surface area contributed by atoms with Crippen LogP contribution in [0.5, 0.6) is 5.88 Å². The molecule has 0 saturated heterocycles. The van der Waals surface area contributed by atoms with Crippen LogP contribution in [-0.4, -0.2) is 31.6 Å². The predicted molar refractivity (Wildman–Crippen MR) is 131 cm³/mol. The predicted octanol–water partition coefficient (Wildman–Crippen LogP) is 3.92. The molecule has 0 saturated carbocycles. The third-order valence-electron chi connectivity index (χ3n) is 5.38. The molecule has 0 unspecified atom stereocenters. The standard InChI is InChI=1S/C26H22N6O2/c1-34-23-13-10-19(15-28-23)21-11-12-22-25(31-21)32(17-18-7-3-2-4-8-18)26(33)24(30-22)29-16-20-9-5-6-14-27-20/h2-15H,16-17H2,1H3,(H,29,30). The second-order valence-corrected chi connectivity index (χ2v) is 7.64. The lowest BCUT2D eigenvalue weighted by atomic mass is 10.2. The van der Waals surface area contributed by atoms with Crippen LogP contribution in [0.4, 0.5) is 5.82 Å². The molecule has 0 radical (unpaired) electrons. The number of methoxy groups -OCH3 is 1. The monoisotopic (exact) mass is 450 g/mol. The fourth-order valence-corrected chi connectivity index (χ4v) is 3.64. The number of nitrogens with zero attached hydrogens (tertiary/aromatic N) is 5. The average Bonchev–Trinajstić information content (AvgIpc) is 2.90. The Morgan fingerprint density at radius 2 is 1.76 bits per heavy atom. The number of anilines is 1. The molecule has 0 spiro atoms. The molecule has 0 aliphatic heterocycles. The Morgan fingerprint density at radius 1 is 0.912 bits per heavy atom. The summed E-state index contributed by atoms with van der Waals surface area (Å²) in [6, 6.07) is 22.9. The summed E-state index contributed by atoms with van der Waals surface area (Å²) < 4.78 is 6.80. The van der Waals surface area contributed by atoms with Crippen molar-refractivity contribution in [3.05, 3.63) is 107 Å². The lowest BCUT2D eigenvalue weighted by molar-refractivity contribution is 0.398. The second-order valence-electron chi connectivity index (χ2n) is 7.64. The fraction of sp³-hybridized carbons (Fsp3) is 0.115. The van der Waals surface area contributed by atoms with Gasteiger partial charge in [0.25, 0.3) is 5.56 Å². The summed E-state index contributed by atoms with van der Waals surface area (Å²) in [5, 5.41) is 3.15. The molecule has 4 aromatic heterocycles. The van der Waals surface area contributed by atoms with Gasteiger partial charge >= 0.3 is 0 Å². The maximum absolute atomic E-state index is 13.5. The molecule has 8 heteroatoms. The average molecular weight is 451 g/mol. The molecule has 34 heavy (non-hydrogen) atoms.